The summed E-state index contributed by atoms with van der Waals surface area (Å²) in [5.41, 5.74) is 2.14. The average molecular weight is 336 g/mol. The fourth-order valence-corrected chi connectivity index (χ4v) is 2.12. The minimum absolute atomic E-state index is 0. The van der Waals surface area contributed by atoms with Gasteiger partial charge >= 0.3 is 0 Å². The Morgan fingerprint density at radius 3 is 2.26 bits per heavy atom. The van der Waals surface area contributed by atoms with Gasteiger partial charge in [-0.1, -0.05) is 48.5 Å². The second-order valence-corrected chi connectivity index (χ2v) is 6.46. The first kappa shape index (κ1) is 19.5. The topological polar surface area (TPSA) is 41.5 Å². The van der Waals surface area contributed by atoms with Crippen molar-refractivity contribution in [3.63, 3.8) is 0 Å². The van der Waals surface area contributed by atoms with Crippen molar-refractivity contribution in [2.45, 2.75) is 32.4 Å². The number of benzene rings is 2. The Morgan fingerprint density at radius 1 is 1.00 bits per heavy atom. The molecule has 0 heterocycles. The third-order valence-electron chi connectivity index (χ3n) is 3.27. The van der Waals surface area contributed by atoms with Gasteiger partial charge in [0.05, 0.1) is 0 Å². The van der Waals surface area contributed by atoms with E-state index < -0.39 is 6.10 Å². The van der Waals surface area contributed by atoms with Gasteiger partial charge in [-0.2, -0.15) is 0 Å². The molecule has 0 aliphatic rings. The number of aliphatic hydroxyl groups is 1. The molecule has 0 unspecified atom stereocenters. The maximum Gasteiger partial charge on any atom is 0.127 e. The molecule has 0 radical (unpaired) electrons. The summed E-state index contributed by atoms with van der Waals surface area (Å²) in [7, 11) is 0. The summed E-state index contributed by atoms with van der Waals surface area (Å²) < 4.78 is 5.83. The molecule has 4 heteroatoms. The summed E-state index contributed by atoms with van der Waals surface area (Å²) >= 11 is 0. The first-order valence-electron chi connectivity index (χ1n) is 7.66. The van der Waals surface area contributed by atoms with Crippen LogP contribution in [0.3, 0.4) is 0 Å². The average Bonchev–Trinajstić information content (AvgIpc) is 2.51. The molecule has 2 rings (SSSR count). The molecule has 0 aliphatic heterocycles. The number of aliphatic hydroxyl groups excluding tert-OH is 1. The predicted octanol–water partition coefficient (Wildman–Crippen LogP) is 3.90. The third-order valence-corrected chi connectivity index (χ3v) is 3.27. The van der Waals surface area contributed by atoms with Gasteiger partial charge in [0.2, 0.25) is 0 Å². The number of β-amino-alcohol motifs (C(OH)–C–C–N with tert-alkyl or cyclic N) is 1. The molecule has 0 bridgehead atoms. The van der Waals surface area contributed by atoms with Gasteiger partial charge in [-0.15, -0.1) is 12.4 Å². The van der Waals surface area contributed by atoms with Gasteiger partial charge in [0.1, 0.15) is 18.5 Å². The molecule has 0 saturated carbocycles. The summed E-state index contributed by atoms with van der Waals surface area (Å²) in [6, 6.07) is 18.0. The van der Waals surface area contributed by atoms with E-state index in [2.05, 4.69) is 38.2 Å². The number of rotatable bonds is 6. The van der Waals surface area contributed by atoms with E-state index in [4.69, 9.17) is 4.74 Å². The zero-order chi connectivity index (χ0) is 16.0. The van der Waals surface area contributed by atoms with Crippen LogP contribution in [0.5, 0.6) is 5.75 Å². The molecular formula is C19H26ClNO2. The smallest absolute Gasteiger partial charge is 0.127 e. The van der Waals surface area contributed by atoms with E-state index in [1.807, 2.05) is 42.5 Å². The third kappa shape index (κ3) is 6.61. The number of hydrogen-bond acceptors (Lipinski definition) is 3. The van der Waals surface area contributed by atoms with Crippen LogP contribution in [-0.2, 0) is 0 Å². The molecule has 126 valence electrons. The van der Waals surface area contributed by atoms with Crippen LogP contribution >= 0.6 is 12.4 Å². The Hall–Kier alpha value is -1.55. The van der Waals surface area contributed by atoms with Gasteiger partial charge in [-0.05, 0) is 32.4 Å². The van der Waals surface area contributed by atoms with Gasteiger partial charge in [-0.3, -0.25) is 0 Å². The van der Waals surface area contributed by atoms with Crippen molar-refractivity contribution < 1.29 is 9.84 Å². The fourth-order valence-electron chi connectivity index (χ4n) is 2.12. The first-order chi connectivity index (χ1) is 10.5. The van der Waals surface area contributed by atoms with Crippen molar-refractivity contribution in [1.29, 1.82) is 0 Å². The van der Waals surface area contributed by atoms with Crippen molar-refractivity contribution in [2.24, 2.45) is 0 Å². The molecule has 3 nitrogen and oxygen atoms in total. The van der Waals surface area contributed by atoms with Gasteiger partial charge in [0.25, 0.3) is 0 Å². The highest BCUT2D eigenvalue weighted by molar-refractivity contribution is 5.85. The van der Waals surface area contributed by atoms with Gasteiger partial charge < -0.3 is 15.2 Å². The lowest BCUT2D eigenvalue weighted by molar-refractivity contribution is 0.100. The Labute approximate surface area is 145 Å². The quantitative estimate of drug-likeness (QED) is 0.841. The highest BCUT2D eigenvalue weighted by Crippen LogP contribution is 2.29. The Morgan fingerprint density at radius 2 is 1.61 bits per heavy atom. The minimum Gasteiger partial charge on any atom is -0.490 e. The number of hydrogen-bond donors (Lipinski definition) is 2. The maximum atomic E-state index is 10.0. The lowest BCUT2D eigenvalue weighted by atomic mass is 10.1. The summed E-state index contributed by atoms with van der Waals surface area (Å²) in [5, 5.41) is 13.3. The molecule has 0 aromatic heterocycles. The standard InChI is InChI=1S/C19H25NO2.ClH/c1-19(2,3)20-13-16(21)14-22-18-12-8-7-11-17(18)15-9-5-4-6-10-15;/h4-12,16,20-21H,13-14H2,1-3H3;1H/t16-;/m0./s1. The van der Waals surface area contributed by atoms with E-state index in [0.29, 0.717) is 6.54 Å². The molecule has 0 spiro atoms. The van der Waals surface area contributed by atoms with Crippen molar-refractivity contribution in [3.05, 3.63) is 54.6 Å². The van der Waals surface area contributed by atoms with E-state index in [1.165, 1.54) is 0 Å². The lowest BCUT2D eigenvalue weighted by Gasteiger charge is -2.23. The van der Waals surface area contributed by atoms with Crippen LogP contribution in [0.4, 0.5) is 0 Å². The van der Waals surface area contributed by atoms with Gasteiger partial charge in [0.15, 0.2) is 0 Å². The molecule has 0 fully saturated rings. The predicted molar refractivity (Wildman–Crippen MR) is 98.4 cm³/mol. The Kier molecular flexibility index (Phi) is 7.56. The summed E-state index contributed by atoms with van der Waals surface area (Å²) in [6.45, 7) is 7.01. The van der Waals surface area contributed by atoms with E-state index in [1.54, 1.807) is 0 Å². The SMILES string of the molecule is CC(C)(C)NC[C@H](O)COc1ccccc1-c1ccccc1.Cl. The number of para-hydroxylation sites is 1. The molecule has 23 heavy (non-hydrogen) atoms. The van der Waals surface area contributed by atoms with Crippen LogP contribution in [-0.4, -0.2) is 29.9 Å². The highest BCUT2D eigenvalue weighted by Gasteiger charge is 2.13. The number of ether oxygens (including phenoxy) is 1. The van der Waals surface area contributed by atoms with E-state index in [9.17, 15) is 5.11 Å². The maximum absolute atomic E-state index is 10.0. The highest BCUT2D eigenvalue weighted by atomic mass is 35.5. The van der Waals surface area contributed by atoms with Crippen LogP contribution < -0.4 is 10.1 Å². The van der Waals surface area contributed by atoms with Crippen LogP contribution in [0.25, 0.3) is 11.1 Å². The summed E-state index contributed by atoms with van der Waals surface area (Å²) in [6.07, 6.45) is -0.539. The number of halogens is 1. The van der Waals surface area contributed by atoms with Crippen molar-refractivity contribution in [2.75, 3.05) is 13.2 Å². The molecule has 0 saturated heterocycles. The lowest BCUT2D eigenvalue weighted by Crippen LogP contribution is -2.42. The summed E-state index contributed by atoms with van der Waals surface area (Å²) in [5.74, 6) is 0.795. The van der Waals surface area contributed by atoms with Crippen LogP contribution in [0.1, 0.15) is 20.8 Å². The van der Waals surface area contributed by atoms with E-state index in [-0.39, 0.29) is 24.6 Å². The van der Waals surface area contributed by atoms with Crippen molar-refractivity contribution >= 4 is 12.4 Å². The molecule has 0 amide bonds. The largest absolute Gasteiger partial charge is 0.490 e. The second-order valence-electron chi connectivity index (χ2n) is 6.46. The van der Waals surface area contributed by atoms with Crippen molar-refractivity contribution in [1.82, 2.24) is 5.32 Å². The fraction of sp³-hybridized carbons (Fsp3) is 0.368. The minimum atomic E-state index is -0.539. The van der Waals surface area contributed by atoms with Crippen molar-refractivity contribution in [3.8, 4) is 16.9 Å². The summed E-state index contributed by atoms with van der Waals surface area (Å²) in [4.78, 5) is 0. The second kappa shape index (κ2) is 8.92. The van der Waals surface area contributed by atoms with Crippen LogP contribution in [0, 0.1) is 0 Å². The van der Waals surface area contributed by atoms with E-state index >= 15 is 0 Å². The number of nitrogens with one attached hydrogen (secondary N) is 1. The zero-order valence-corrected chi connectivity index (χ0v) is 14.8. The Bertz CT molecular complexity index is 581. The van der Waals surface area contributed by atoms with Gasteiger partial charge in [0, 0.05) is 17.6 Å². The normalized spacial score (nSPS) is 12.3. The van der Waals surface area contributed by atoms with E-state index in [0.717, 1.165) is 16.9 Å². The molecule has 2 N–H and O–H groups in total. The van der Waals surface area contributed by atoms with Crippen LogP contribution in [0.15, 0.2) is 54.6 Å². The first-order valence-corrected chi connectivity index (χ1v) is 7.66. The monoisotopic (exact) mass is 335 g/mol. The molecule has 2 aromatic carbocycles. The molecule has 2 aromatic rings. The molecular weight excluding hydrogens is 310 g/mol. The Balaban J connectivity index is 0.00000264. The van der Waals surface area contributed by atoms with Gasteiger partial charge in [-0.25, -0.2) is 0 Å². The molecule has 0 aliphatic carbocycles. The zero-order valence-electron chi connectivity index (χ0n) is 14.0. The molecule has 1 atom stereocenters. The van der Waals surface area contributed by atoms with Crippen LogP contribution in [0.2, 0.25) is 0 Å².